The second-order valence-electron chi connectivity index (χ2n) is 8.06. The Morgan fingerprint density at radius 2 is 2.00 bits per heavy atom. The molecule has 1 saturated carbocycles. The van der Waals surface area contributed by atoms with Gasteiger partial charge in [0, 0.05) is 12.7 Å². The fraction of sp³-hybridized carbons (Fsp3) is 0.217. The molecular formula is C23H20ClN9O. The van der Waals surface area contributed by atoms with Crippen LogP contribution in [0.5, 0.6) is 0 Å². The van der Waals surface area contributed by atoms with E-state index in [0.29, 0.717) is 23.7 Å². The largest absolute Gasteiger partial charge is 0.382 e. The van der Waals surface area contributed by atoms with Gasteiger partial charge in [0.25, 0.3) is 5.56 Å². The summed E-state index contributed by atoms with van der Waals surface area (Å²) in [6.45, 7) is 0.439. The fourth-order valence-corrected chi connectivity index (χ4v) is 4.13. The average Bonchev–Trinajstić information content (AvgIpc) is 3.64. The molecule has 11 heteroatoms. The average molecular weight is 474 g/mol. The minimum atomic E-state index is -0.372. The number of halogens is 1. The van der Waals surface area contributed by atoms with Crippen LogP contribution in [0.4, 0.5) is 23.5 Å². The number of anilines is 4. The van der Waals surface area contributed by atoms with E-state index in [2.05, 4.69) is 21.0 Å². The van der Waals surface area contributed by atoms with Crippen LogP contribution < -0.4 is 21.9 Å². The molecule has 1 fully saturated rings. The summed E-state index contributed by atoms with van der Waals surface area (Å²) in [5, 5.41) is 10.4. The molecule has 3 heterocycles. The van der Waals surface area contributed by atoms with Crippen molar-refractivity contribution in [3.8, 4) is 11.8 Å². The van der Waals surface area contributed by atoms with Crippen molar-refractivity contribution in [3.63, 3.8) is 0 Å². The van der Waals surface area contributed by atoms with Gasteiger partial charge in [0.1, 0.15) is 17.5 Å². The number of hydrogen-bond acceptors (Lipinski definition) is 9. The van der Waals surface area contributed by atoms with Gasteiger partial charge in [-0.1, -0.05) is 30.5 Å². The normalized spacial score (nSPS) is 13.1. The molecule has 0 aliphatic heterocycles. The molecule has 1 aromatic carbocycles. The van der Waals surface area contributed by atoms with E-state index in [1.807, 2.05) is 0 Å². The molecule has 0 saturated heterocycles. The first-order valence-electron chi connectivity index (χ1n) is 10.7. The number of rotatable bonds is 6. The molecule has 1 aliphatic rings. The van der Waals surface area contributed by atoms with Gasteiger partial charge >= 0.3 is 0 Å². The molecule has 4 N–H and O–H groups in total. The van der Waals surface area contributed by atoms with Crippen LogP contribution in [0, 0.1) is 17.2 Å². The fourth-order valence-electron chi connectivity index (χ4n) is 3.88. The summed E-state index contributed by atoms with van der Waals surface area (Å²) < 4.78 is 1.42. The number of fused-ring (bicyclic) bond motifs is 1. The summed E-state index contributed by atoms with van der Waals surface area (Å²) in [6, 6.07) is 10.6. The van der Waals surface area contributed by atoms with Gasteiger partial charge in [-0.2, -0.15) is 15.2 Å². The molecule has 0 amide bonds. The summed E-state index contributed by atoms with van der Waals surface area (Å²) >= 11 is 6.39. The smallest absolute Gasteiger partial charge is 0.268 e. The molecule has 0 radical (unpaired) electrons. The zero-order chi connectivity index (χ0) is 23.8. The van der Waals surface area contributed by atoms with Crippen LogP contribution in [-0.4, -0.2) is 31.0 Å². The Labute approximate surface area is 199 Å². The van der Waals surface area contributed by atoms with E-state index in [1.165, 1.54) is 4.57 Å². The third-order valence-corrected chi connectivity index (χ3v) is 6.05. The van der Waals surface area contributed by atoms with Gasteiger partial charge < -0.3 is 11.5 Å². The van der Waals surface area contributed by atoms with Crippen LogP contribution in [0.1, 0.15) is 24.8 Å². The first kappa shape index (κ1) is 21.6. The number of nitrogen functional groups attached to an aromatic ring is 2. The van der Waals surface area contributed by atoms with E-state index in [0.717, 1.165) is 19.3 Å². The highest BCUT2D eigenvalue weighted by molar-refractivity contribution is 6.35. The van der Waals surface area contributed by atoms with Crippen molar-refractivity contribution in [1.82, 2.24) is 24.5 Å². The molecule has 0 unspecified atom stereocenters. The highest BCUT2D eigenvalue weighted by Gasteiger charge is 2.28. The van der Waals surface area contributed by atoms with Crippen molar-refractivity contribution in [2.24, 2.45) is 5.92 Å². The lowest BCUT2D eigenvalue weighted by molar-refractivity contribution is 0.703. The Kier molecular flexibility index (Phi) is 5.47. The van der Waals surface area contributed by atoms with Crippen LogP contribution in [0.3, 0.4) is 0 Å². The van der Waals surface area contributed by atoms with Crippen LogP contribution in [-0.2, 0) is 0 Å². The number of hydrogen-bond donors (Lipinski definition) is 2. The molecule has 0 atom stereocenters. The van der Waals surface area contributed by atoms with Crippen molar-refractivity contribution in [2.75, 3.05) is 22.9 Å². The lowest BCUT2D eigenvalue weighted by Crippen LogP contribution is -2.32. The van der Waals surface area contributed by atoms with Gasteiger partial charge in [0.2, 0.25) is 11.9 Å². The van der Waals surface area contributed by atoms with Crippen molar-refractivity contribution < 1.29 is 0 Å². The maximum Gasteiger partial charge on any atom is 0.268 e. The number of nitrogens with zero attached hydrogens (tertiary/aromatic N) is 7. The lowest BCUT2D eigenvalue weighted by atomic mass is 10.2. The standard InChI is InChI=1S/C23H20ClN9O/c24-16-4-1-5-17-18(16)21(34)33(14-3-2-9-28-12-14)23(29-17)32(10-8-13-6-7-13)20-15(11-25)19(26)30-22(27)31-20/h1-5,9,12-13H,6-8,10H2,(H4,26,27,30,31). The summed E-state index contributed by atoms with van der Waals surface area (Å²) in [7, 11) is 0. The Hall–Kier alpha value is -4.23. The summed E-state index contributed by atoms with van der Waals surface area (Å²) in [4.78, 5) is 32.7. The molecule has 0 bridgehead atoms. The molecule has 10 nitrogen and oxygen atoms in total. The lowest BCUT2D eigenvalue weighted by Gasteiger charge is -2.27. The third-order valence-electron chi connectivity index (χ3n) is 5.74. The summed E-state index contributed by atoms with van der Waals surface area (Å²) in [6.07, 6.45) is 6.24. The van der Waals surface area contributed by atoms with Crippen LogP contribution in [0.25, 0.3) is 16.6 Å². The van der Waals surface area contributed by atoms with E-state index in [9.17, 15) is 10.1 Å². The van der Waals surface area contributed by atoms with E-state index >= 15 is 0 Å². The quantitative estimate of drug-likeness (QED) is 0.429. The van der Waals surface area contributed by atoms with Gasteiger partial charge in [-0.25, -0.2) is 9.55 Å². The van der Waals surface area contributed by atoms with Crippen LogP contribution in [0.2, 0.25) is 5.02 Å². The predicted octanol–water partition coefficient (Wildman–Crippen LogP) is 3.20. The van der Waals surface area contributed by atoms with E-state index in [1.54, 1.807) is 47.6 Å². The van der Waals surface area contributed by atoms with Crippen LogP contribution >= 0.6 is 11.6 Å². The minimum Gasteiger partial charge on any atom is -0.382 e. The molecule has 0 spiro atoms. The van der Waals surface area contributed by atoms with Crippen molar-refractivity contribution >= 4 is 46.0 Å². The van der Waals surface area contributed by atoms with Crippen LogP contribution in [0.15, 0.2) is 47.5 Å². The van der Waals surface area contributed by atoms with Gasteiger partial charge in [-0.3, -0.25) is 14.7 Å². The number of nitriles is 1. The molecule has 1 aliphatic carbocycles. The van der Waals surface area contributed by atoms with E-state index in [4.69, 9.17) is 28.1 Å². The van der Waals surface area contributed by atoms with Gasteiger partial charge in [-0.05, 0) is 36.6 Å². The SMILES string of the molecule is N#Cc1c(N)nc(N)nc1N(CCC1CC1)c1nc2cccc(Cl)c2c(=O)n1-c1cccnc1. The summed E-state index contributed by atoms with van der Waals surface area (Å²) in [5.41, 5.74) is 12.5. The Balaban J connectivity index is 1.84. The molecule has 34 heavy (non-hydrogen) atoms. The number of nitrogens with two attached hydrogens (primary N) is 2. The van der Waals surface area contributed by atoms with E-state index in [-0.39, 0.29) is 45.1 Å². The maximum absolute atomic E-state index is 13.8. The Bertz CT molecular complexity index is 1490. The number of pyridine rings is 1. The zero-order valence-corrected chi connectivity index (χ0v) is 18.8. The van der Waals surface area contributed by atoms with Crippen molar-refractivity contribution in [1.29, 1.82) is 5.26 Å². The number of aromatic nitrogens is 5. The molecule has 4 aromatic rings. The summed E-state index contributed by atoms with van der Waals surface area (Å²) in [5.74, 6) is 0.877. The zero-order valence-electron chi connectivity index (χ0n) is 18.0. The molecule has 5 rings (SSSR count). The minimum absolute atomic E-state index is 0.0412. The molecular weight excluding hydrogens is 454 g/mol. The first-order chi connectivity index (χ1) is 16.5. The first-order valence-corrected chi connectivity index (χ1v) is 11.1. The Morgan fingerprint density at radius 3 is 2.71 bits per heavy atom. The third kappa shape index (κ3) is 3.86. The van der Waals surface area contributed by atoms with Gasteiger partial charge in [0.15, 0.2) is 5.82 Å². The van der Waals surface area contributed by atoms with Crippen molar-refractivity contribution in [2.45, 2.75) is 19.3 Å². The van der Waals surface area contributed by atoms with E-state index < -0.39 is 0 Å². The monoisotopic (exact) mass is 473 g/mol. The second-order valence-corrected chi connectivity index (χ2v) is 8.47. The highest BCUT2D eigenvalue weighted by Crippen LogP contribution is 2.36. The topological polar surface area (TPSA) is 153 Å². The van der Waals surface area contributed by atoms with Gasteiger partial charge in [0.05, 0.1) is 27.8 Å². The van der Waals surface area contributed by atoms with Crippen molar-refractivity contribution in [3.05, 3.63) is 63.7 Å². The second kappa shape index (κ2) is 8.61. The Morgan fingerprint density at radius 1 is 1.18 bits per heavy atom. The maximum atomic E-state index is 13.8. The predicted molar refractivity (Wildman–Crippen MR) is 130 cm³/mol. The number of benzene rings is 1. The van der Waals surface area contributed by atoms with Gasteiger partial charge in [-0.15, -0.1) is 0 Å². The molecule has 170 valence electrons. The highest BCUT2D eigenvalue weighted by atomic mass is 35.5. The molecule has 3 aromatic heterocycles.